The van der Waals surface area contributed by atoms with Gasteiger partial charge in [-0.3, -0.25) is 4.79 Å². The van der Waals surface area contributed by atoms with E-state index in [1.807, 2.05) is 27.7 Å². The zero-order valence-electron chi connectivity index (χ0n) is 12.9. The summed E-state index contributed by atoms with van der Waals surface area (Å²) in [6.07, 6.45) is 0.834. The Bertz CT molecular complexity index is 482. The molecule has 1 amide bonds. The predicted octanol–water partition coefficient (Wildman–Crippen LogP) is 1.74. The second kappa shape index (κ2) is 7.75. The molecule has 0 bridgehead atoms. The third kappa shape index (κ3) is 5.93. The minimum atomic E-state index is -1.02. The molecular formula is C14H23N3O4. The fourth-order valence-corrected chi connectivity index (χ4v) is 1.78. The summed E-state index contributed by atoms with van der Waals surface area (Å²) in [5.41, 5.74) is 0. The van der Waals surface area contributed by atoms with Crippen LogP contribution in [0.4, 0.5) is 0 Å². The molecule has 0 saturated heterocycles. The number of hydrogen-bond acceptors (Lipinski definition) is 5. The van der Waals surface area contributed by atoms with Crippen molar-refractivity contribution in [3.05, 3.63) is 11.7 Å². The molecule has 0 aliphatic carbocycles. The average Bonchev–Trinajstić information content (AvgIpc) is 2.83. The maximum absolute atomic E-state index is 11.8. The van der Waals surface area contributed by atoms with E-state index in [1.54, 1.807) is 0 Å². The SMILES string of the molecule is CC(C)C[C@@H](NC(=O)CCc1nc(C(C)C)no1)C(=O)O. The van der Waals surface area contributed by atoms with Gasteiger partial charge < -0.3 is 14.9 Å². The van der Waals surface area contributed by atoms with Crippen LogP contribution in [0.15, 0.2) is 4.52 Å². The van der Waals surface area contributed by atoms with Gasteiger partial charge in [0.1, 0.15) is 6.04 Å². The Morgan fingerprint density at radius 2 is 1.95 bits per heavy atom. The molecule has 0 fully saturated rings. The number of amides is 1. The van der Waals surface area contributed by atoms with Crippen LogP contribution in [0.25, 0.3) is 0 Å². The molecule has 0 aliphatic rings. The monoisotopic (exact) mass is 297 g/mol. The molecule has 0 aliphatic heterocycles. The lowest BCUT2D eigenvalue weighted by molar-refractivity contribution is -0.142. The van der Waals surface area contributed by atoms with Crippen molar-refractivity contribution >= 4 is 11.9 Å². The van der Waals surface area contributed by atoms with Gasteiger partial charge in [-0.25, -0.2) is 4.79 Å². The van der Waals surface area contributed by atoms with Crippen molar-refractivity contribution in [2.24, 2.45) is 5.92 Å². The summed E-state index contributed by atoms with van der Waals surface area (Å²) in [6, 6.07) is -0.855. The summed E-state index contributed by atoms with van der Waals surface area (Å²) in [7, 11) is 0. The first-order valence-corrected chi connectivity index (χ1v) is 7.14. The van der Waals surface area contributed by atoms with Crippen molar-refractivity contribution in [3.63, 3.8) is 0 Å². The number of carbonyl (C=O) groups excluding carboxylic acids is 1. The molecule has 2 N–H and O–H groups in total. The minimum absolute atomic E-state index is 0.127. The summed E-state index contributed by atoms with van der Waals surface area (Å²) >= 11 is 0. The van der Waals surface area contributed by atoms with Crippen LogP contribution < -0.4 is 5.32 Å². The molecule has 1 aromatic heterocycles. The van der Waals surface area contributed by atoms with E-state index in [0.717, 1.165) is 0 Å². The Morgan fingerprint density at radius 3 is 2.43 bits per heavy atom. The quantitative estimate of drug-likeness (QED) is 0.757. The number of carboxylic acids is 1. The van der Waals surface area contributed by atoms with Crippen LogP contribution in [0, 0.1) is 5.92 Å². The van der Waals surface area contributed by atoms with Crippen LogP contribution in [0.1, 0.15) is 58.2 Å². The van der Waals surface area contributed by atoms with Crippen LogP contribution >= 0.6 is 0 Å². The number of aromatic nitrogens is 2. The maximum Gasteiger partial charge on any atom is 0.326 e. The Hall–Kier alpha value is -1.92. The van der Waals surface area contributed by atoms with Crippen LogP contribution in [-0.4, -0.2) is 33.2 Å². The summed E-state index contributed by atoms with van der Waals surface area (Å²) in [5, 5.41) is 15.4. The highest BCUT2D eigenvalue weighted by atomic mass is 16.5. The van der Waals surface area contributed by atoms with Gasteiger partial charge in [0, 0.05) is 18.8 Å². The lowest BCUT2D eigenvalue weighted by Gasteiger charge is -2.16. The highest BCUT2D eigenvalue weighted by molar-refractivity contribution is 5.83. The molecule has 1 atom stereocenters. The average molecular weight is 297 g/mol. The van der Waals surface area contributed by atoms with Gasteiger partial charge in [-0.2, -0.15) is 4.98 Å². The zero-order valence-corrected chi connectivity index (χ0v) is 12.9. The van der Waals surface area contributed by atoms with Crippen molar-refractivity contribution in [1.82, 2.24) is 15.5 Å². The molecule has 0 saturated carbocycles. The molecule has 1 rings (SSSR count). The molecule has 7 nitrogen and oxygen atoms in total. The number of nitrogens with zero attached hydrogens (tertiary/aromatic N) is 2. The van der Waals surface area contributed by atoms with E-state index in [0.29, 0.717) is 24.6 Å². The van der Waals surface area contributed by atoms with E-state index in [4.69, 9.17) is 9.63 Å². The minimum Gasteiger partial charge on any atom is -0.480 e. The second-order valence-electron chi connectivity index (χ2n) is 5.79. The molecule has 0 aromatic carbocycles. The second-order valence-corrected chi connectivity index (χ2v) is 5.79. The number of nitrogens with one attached hydrogen (secondary N) is 1. The van der Waals surface area contributed by atoms with Gasteiger partial charge in [0.15, 0.2) is 5.82 Å². The van der Waals surface area contributed by atoms with E-state index in [1.165, 1.54) is 0 Å². The first kappa shape index (κ1) is 17.1. The van der Waals surface area contributed by atoms with E-state index in [9.17, 15) is 9.59 Å². The highest BCUT2D eigenvalue weighted by Crippen LogP contribution is 2.11. The van der Waals surface area contributed by atoms with Crippen molar-refractivity contribution in [2.45, 2.75) is 58.9 Å². The highest BCUT2D eigenvalue weighted by Gasteiger charge is 2.21. The lowest BCUT2D eigenvalue weighted by Crippen LogP contribution is -2.41. The fraction of sp³-hybridized carbons (Fsp3) is 0.714. The van der Waals surface area contributed by atoms with Crippen molar-refractivity contribution in [3.8, 4) is 0 Å². The van der Waals surface area contributed by atoms with Gasteiger partial charge in [0.05, 0.1) is 0 Å². The molecule has 0 radical (unpaired) electrons. The Balaban J connectivity index is 2.46. The third-order valence-corrected chi connectivity index (χ3v) is 2.91. The number of rotatable bonds is 8. The standard InChI is InChI=1S/C14H23N3O4/c1-8(2)7-10(14(19)20)15-11(18)5-6-12-16-13(9(3)4)17-21-12/h8-10H,5-7H2,1-4H3,(H,15,18)(H,19,20)/t10-/m1/s1. The lowest BCUT2D eigenvalue weighted by atomic mass is 10.0. The van der Waals surface area contributed by atoms with Gasteiger partial charge >= 0.3 is 5.97 Å². The summed E-state index contributed by atoms with van der Waals surface area (Å²) in [5.74, 6) is 0.0113. The van der Waals surface area contributed by atoms with E-state index < -0.39 is 12.0 Å². The molecule has 7 heteroatoms. The van der Waals surface area contributed by atoms with Crippen LogP contribution in [0.2, 0.25) is 0 Å². The molecular weight excluding hydrogens is 274 g/mol. The van der Waals surface area contributed by atoms with Crippen molar-refractivity contribution in [2.75, 3.05) is 0 Å². The van der Waals surface area contributed by atoms with E-state index >= 15 is 0 Å². The summed E-state index contributed by atoms with van der Waals surface area (Å²) in [4.78, 5) is 27.0. The van der Waals surface area contributed by atoms with Gasteiger partial charge in [0.25, 0.3) is 0 Å². The first-order valence-electron chi connectivity index (χ1n) is 7.14. The third-order valence-electron chi connectivity index (χ3n) is 2.91. The Kier molecular flexibility index (Phi) is 6.33. The number of hydrogen-bond donors (Lipinski definition) is 2. The topological polar surface area (TPSA) is 105 Å². The molecule has 118 valence electrons. The predicted molar refractivity (Wildman–Crippen MR) is 75.7 cm³/mol. The van der Waals surface area contributed by atoms with Crippen molar-refractivity contribution in [1.29, 1.82) is 0 Å². The zero-order chi connectivity index (χ0) is 16.0. The molecule has 1 aromatic rings. The molecule has 0 spiro atoms. The Labute approximate surface area is 124 Å². The van der Waals surface area contributed by atoms with Crippen molar-refractivity contribution < 1.29 is 19.2 Å². The van der Waals surface area contributed by atoms with Crippen LogP contribution in [-0.2, 0) is 16.0 Å². The van der Waals surface area contributed by atoms with Crippen LogP contribution in [0.5, 0.6) is 0 Å². The normalized spacial score (nSPS) is 12.7. The van der Waals surface area contributed by atoms with Gasteiger partial charge in [-0.15, -0.1) is 0 Å². The van der Waals surface area contributed by atoms with Crippen LogP contribution in [0.3, 0.4) is 0 Å². The maximum atomic E-state index is 11.8. The molecule has 1 heterocycles. The fourth-order valence-electron chi connectivity index (χ4n) is 1.78. The van der Waals surface area contributed by atoms with Gasteiger partial charge in [0.2, 0.25) is 11.8 Å². The number of carboxylic acid groups (broad SMARTS) is 1. The molecule has 0 unspecified atom stereocenters. The largest absolute Gasteiger partial charge is 0.480 e. The first-order chi connectivity index (χ1) is 9.79. The summed E-state index contributed by atoms with van der Waals surface area (Å²) < 4.78 is 5.04. The van der Waals surface area contributed by atoms with Gasteiger partial charge in [-0.05, 0) is 12.3 Å². The number of carbonyl (C=O) groups is 2. The van der Waals surface area contributed by atoms with E-state index in [-0.39, 0.29) is 24.2 Å². The Morgan fingerprint density at radius 1 is 1.29 bits per heavy atom. The number of aliphatic carboxylic acids is 1. The molecule has 21 heavy (non-hydrogen) atoms. The van der Waals surface area contributed by atoms with E-state index in [2.05, 4.69) is 15.5 Å². The summed E-state index contributed by atoms with van der Waals surface area (Å²) in [6.45, 7) is 7.72. The number of aryl methyl sites for hydroxylation is 1. The smallest absolute Gasteiger partial charge is 0.326 e. The van der Waals surface area contributed by atoms with Gasteiger partial charge in [-0.1, -0.05) is 32.9 Å².